The highest BCUT2D eigenvalue weighted by atomic mass is 32.1. The second kappa shape index (κ2) is 8.39. The Morgan fingerprint density at radius 1 is 1.12 bits per heavy atom. The Bertz CT molecular complexity index is 781. The standard InChI is InChI=1S/C17H19N3O4S/c1-10-4-11(2)6-13(5-10)16(23)18-7-15(22)24-8-14(21)20-17-19-12(3)9-25-17/h4-6,9H,7-8H2,1-3H3,(H,18,23)(H,19,20,21). The van der Waals surface area contributed by atoms with Crippen LogP contribution in [-0.2, 0) is 14.3 Å². The first-order valence-electron chi connectivity index (χ1n) is 7.57. The summed E-state index contributed by atoms with van der Waals surface area (Å²) in [6, 6.07) is 5.42. The van der Waals surface area contributed by atoms with E-state index in [0.717, 1.165) is 16.8 Å². The van der Waals surface area contributed by atoms with E-state index >= 15 is 0 Å². The van der Waals surface area contributed by atoms with Crippen LogP contribution in [0.4, 0.5) is 5.13 Å². The van der Waals surface area contributed by atoms with Crippen LogP contribution in [0.3, 0.4) is 0 Å². The molecule has 0 fully saturated rings. The lowest BCUT2D eigenvalue weighted by Gasteiger charge is -2.07. The number of hydrogen-bond donors (Lipinski definition) is 2. The Labute approximate surface area is 149 Å². The summed E-state index contributed by atoms with van der Waals surface area (Å²) in [6.45, 7) is 4.85. The number of nitrogens with one attached hydrogen (secondary N) is 2. The molecule has 0 atom stereocenters. The van der Waals surface area contributed by atoms with Crippen LogP contribution in [0.25, 0.3) is 0 Å². The van der Waals surface area contributed by atoms with Crippen LogP contribution in [0.5, 0.6) is 0 Å². The highest BCUT2D eigenvalue weighted by Crippen LogP contribution is 2.14. The minimum atomic E-state index is -0.691. The van der Waals surface area contributed by atoms with E-state index in [1.54, 1.807) is 17.5 Å². The molecule has 8 heteroatoms. The van der Waals surface area contributed by atoms with Gasteiger partial charge in [-0.2, -0.15) is 0 Å². The molecule has 132 valence electrons. The first-order valence-corrected chi connectivity index (χ1v) is 8.45. The van der Waals surface area contributed by atoms with E-state index < -0.39 is 18.5 Å². The lowest BCUT2D eigenvalue weighted by Crippen LogP contribution is -2.32. The van der Waals surface area contributed by atoms with E-state index in [-0.39, 0.29) is 12.5 Å². The minimum absolute atomic E-state index is 0.310. The maximum atomic E-state index is 12.0. The van der Waals surface area contributed by atoms with Crippen LogP contribution >= 0.6 is 11.3 Å². The van der Waals surface area contributed by atoms with Gasteiger partial charge in [0, 0.05) is 10.9 Å². The topological polar surface area (TPSA) is 97.4 Å². The van der Waals surface area contributed by atoms with Crippen LogP contribution < -0.4 is 10.6 Å². The molecule has 0 aliphatic heterocycles. The van der Waals surface area contributed by atoms with Crippen molar-refractivity contribution in [2.24, 2.45) is 0 Å². The zero-order valence-corrected chi connectivity index (χ0v) is 15.0. The summed E-state index contributed by atoms with van der Waals surface area (Å²) < 4.78 is 4.83. The fourth-order valence-corrected chi connectivity index (χ4v) is 2.83. The van der Waals surface area contributed by atoms with E-state index in [9.17, 15) is 14.4 Å². The molecule has 0 unspecified atom stereocenters. The molecule has 7 nitrogen and oxygen atoms in total. The van der Waals surface area contributed by atoms with Gasteiger partial charge in [-0.15, -0.1) is 11.3 Å². The van der Waals surface area contributed by atoms with Crippen molar-refractivity contribution in [3.63, 3.8) is 0 Å². The molecule has 25 heavy (non-hydrogen) atoms. The Balaban J connectivity index is 1.74. The molecule has 0 saturated carbocycles. The van der Waals surface area contributed by atoms with Crippen LogP contribution in [-0.4, -0.2) is 35.9 Å². The SMILES string of the molecule is Cc1cc(C)cc(C(=O)NCC(=O)OCC(=O)Nc2nc(C)cs2)c1. The zero-order valence-electron chi connectivity index (χ0n) is 14.2. The normalized spacial score (nSPS) is 10.2. The van der Waals surface area contributed by atoms with Gasteiger partial charge < -0.3 is 10.1 Å². The van der Waals surface area contributed by atoms with Crippen molar-refractivity contribution in [2.45, 2.75) is 20.8 Å². The van der Waals surface area contributed by atoms with Crippen molar-refractivity contribution in [1.82, 2.24) is 10.3 Å². The lowest BCUT2D eigenvalue weighted by molar-refractivity contribution is -0.146. The molecule has 0 spiro atoms. The molecule has 1 aromatic heterocycles. The fraction of sp³-hybridized carbons (Fsp3) is 0.294. The molecule has 2 N–H and O–H groups in total. The van der Waals surface area contributed by atoms with E-state index in [4.69, 9.17) is 4.74 Å². The predicted octanol–water partition coefficient (Wildman–Crippen LogP) is 1.98. The summed E-state index contributed by atoms with van der Waals surface area (Å²) in [7, 11) is 0. The number of carbonyl (C=O) groups is 3. The number of esters is 1. The van der Waals surface area contributed by atoms with Crippen molar-refractivity contribution in [2.75, 3.05) is 18.5 Å². The second-order valence-electron chi connectivity index (χ2n) is 5.56. The zero-order chi connectivity index (χ0) is 18.4. The molecule has 0 aliphatic carbocycles. The molecule has 0 aliphatic rings. The summed E-state index contributed by atoms with van der Waals surface area (Å²) in [4.78, 5) is 39.4. The summed E-state index contributed by atoms with van der Waals surface area (Å²) in [5.74, 6) is -1.54. The number of thiazole rings is 1. The van der Waals surface area contributed by atoms with Crippen LogP contribution in [0.2, 0.25) is 0 Å². The van der Waals surface area contributed by atoms with Gasteiger partial charge in [-0.25, -0.2) is 4.98 Å². The number of hydrogen-bond acceptors (Lipinski definition) is 6. The van der Waals surface area contributed by atoms with Gasteiger partial charge in [0.15, 0.2) is 11.7 Å². The van der Waals surface area contributed by atoms with Gasteiger partial charge in [-0.3, -0.25) is 19.7 Å². The van der Waals surface area contributed by atoms with Gasteiger partial charge in [0.1, 0.15) is 6.54 Å². The molecule has 2 amide bonds. The monoisotopic (exact) mass is 361 g/mol. The Hall–Kier alpha value is -2.74. The maximum absolute atomic E-state index is 12.0. The molecule has 2 aromatic rings. The van der Waals surface area contributed by atoms with Crippen LogP contribution in [0.1, 0.15) is 27.2 Å². The number of aryl methyl sites for hydroxylation is 3. The number of rotatable bonds is 6. The highest BCUT2D eigenvalue weighted by molar-refractivity contribution is 7.13. The Kier molecular flexibility index (Phi) is 6.24. The molecular weight excluding hydrogens is 342 g/mol. The summed E-state index contributed by atoms with van der Waals surface area (Å²) in [5.41, 5.74) is 3.19. The first kappa shape index (κ1) is 18.6. The minimum Gasteiger partial charge on any atom is -0.454 e. The largest absolute Gasteiger partial charge is 0.454 e. The number of anilines is 1. The number of nitrogens with zero attached hydrogens (tertiary/aromatic N) is 1. The van der Waals surface area contributed by atoms with Crippen molar-refractivity contribution in [1.29, 1.82) is 0 Å². The Morgan fingerprint density at radius 2 is 1.80 bits per heavy atom. The van der Waals surface area contributed by atoms with Crippen molar-refractivity contribution < 1.29 is 19.1 Å². The summed E-state index contributed by atoms with van der Waals surface area (Å²) in [5, 5.41) is 7.24. The molecule has 0 saturated heterocycles. The third-order valence-corrected chi connectivity index (χ3v) is 3.98. The fourth-order valence-electron chi connectivity index (χ4n) is 2.12. The van der Waals surface area contributed by atoms with Gasteiger partial charge in [-0.05, 0) is 32.9 Å². The number of aromatic nitrogens is 1. The van der Waals surface area contributed by atoms with E-state index in [1.165, 1.54) is 11.3 Å². The van der Waals surface area contributed by atoms with E-state index in [1.807, 2.05) is 26.8 Å². The number of carbonyl (C=O) groups excluding carboxylic acids is 3. The van der Waals surface area contributed by atoms with Gasteiger partial charge >= 0.3 is 5.97 Å². The third kappa shape index (κ3) is 6.00. The van der Waals surface area contributed by atoms with Gasteiger partial charge in [0.05, 0.1) is 5.69 Å². The summed E-state index contributed by atoms with van der Waals surface area (Å²) >= 11 is 1.29. The molecule has 1 heterocycles. The Morgan fingerprint density at radius 3 is 2.40 bits per heavy atom. The highest BCUT2D eigenvalue weighted by Gasteiger charge is 2.12. The van der Waals surface area contributed by atoms with Gasteiger partial charge in [-0.1, -0.05) is 17.2 Å². The van der Waals surface area contributed by atoms with Crippen molar-refractivity contribution in [3.8, 4) is 0 Å². The first-order chi connectivity index (χ1) is 11.8. The average molecular weight is 361 g/mol. The number of amides is 2. The smallest absolute Gasteiger partial charge is 0.325 e. The van der Waals surface area contributed by atoms with E-state index in [0.29, 0.717) is 10.7 Å². The predicted molar refractivity (Wildman–Crippen MR) is 94.7 cm³/mol. The van der Waals surface area contributed by atoms with Gasteiger partial charge in [0.25, 0.3) is 11.8 Å². The summed E-state index contributed by atoms with van der Waals surface area (Å²) in [6.07, 6.45) is 0. The number of ether oxygens (including phenoxy) is 1. The van der Waals surface area contributed by atoms with E-state index in [2.05, 4.69) is 15.6 Å². The molecule has 0 radical (unpaired) electrons. The molecule has 1 aromatic carbocycles. The van der Waals surface area contributed by atoms with Crippen molar-refractivity contribution in [3.05, 3.63) is 46.0 Å². The molecule has 2 rings (SSSR count). The number of benzene rings is 1. The third-order valence-electron chi connectivity index (χ3n) is 3.11. The maximum Gasteiger partial charge on any atom is 0.325 e. The molecular formula is C17H19N3O4S. The lowest BCUT2D eigenvalue weighted by atomic mass is 10.1. The van der Waals surface area contributed by atoms with Crippen LogP contribution in [0, 0.1) is 20.8 Å². The average Bonchev–Trinajstić information content (AvgIpc) is 2.94. The van der Waals surface area contributed by atoms with Crippen molar-refractivity contribution >= 4 is 34.3 Å². The van der Waals surface area contributed by atoms with Crippen LogP contribution in [0.15, 0.2) is 23.6 Å². The quantitative estimate of drug-likeness (QED) is 0.767. The second-order valence-corrected chi connectivity index (χ2v) is 6.42. The van der Waals surface area contributed by atoms with Gasteiger partial charge in [0.2, 0.25) is 0 Å². The molecule has 0 bridgehead atoms.